The van der Waals surface area contributed by atoms with Gasteiger partial charge in [0.1, 0.15) is 0 Å². The molecule has 19 heavy (non-hydrogen) atoms. The second-order valence-electron chi connectivity index (χ2n) is 4.51. The van der Waals surface area contributed by atoms with Gasteiger partial charge in [0.05, 0.1) is 11.4 Å². The highest BCUT2D eigenvalue weighted by molar-refractivity contribution is 9.10. The van der Waals surface area contributed by atoms with Crippen LogP contribution in [0.3, 0.4) is 0 Å². The Kier molecular flexibility index (Phi) is 4.77. The molecule has 0 aliphatic carbocycles. The molecule has 0 aliphatic heterocycles. The topological polar surface area (TPSA) is 43.8 Å². The first-order valence-corrected chi connectivity index (χ1v) is 7.56. The Balaban J connectivity index is 2.53. The Bertz CT molecular complexity index is 543. The summed E-state index contributed by atoms with van der Waals surface area (Å²) in [6, 6.07) is 8.26. The van der Waals surface area contributed by atoms with E-state index >= 15 is 0 Å². The number of aryl methyl sites for hydroxylation is 1. The van der Waals surface area contributed by atoms with Crippen LogP contribution in [0.4, 0.5) is 0 Å². The summed E-state index contributed by atoms with van der Waals surface area (Å²) in [7, 11) is 0. The minimum atomic E-state index is 0.673. The van der Waals surface area contributed by atoms with Crippen molar-refractivity contribution in [2.45, 2.75) is 33.1 Å². The number of hydrogen-bond donors (Lipinski definition) is 1. The molecule has 3 nitrogen and oxygen atoms in total. The Morgan fingerprint density at radius 3 is 2.37 bits per heavy atom. The van der Waals surface area contributed by atoms with Gasteiger partial charge < -0.3 is 5.73 Å². The highest BCUT2D eigenvalue weighted by Gasteiger charge is 2.15. The number of aromatic nitrogens is 2. The lowest BCUT2D eigenvalue weighted by atomic mass is 10.1. The van der Waals surface area contributed by atoms with Crippen molar-refractivity contribution in [2.75, 3.05) is 6.54 Å². The molecular weight excluding hydrogens is 302 g/mol. The lowest BCUT2D eigenvalue weighted by molar-refractivity contribution is 0.792. The fourth-order valence-corrected chi connectivity index (χ4v) is 2.68. The zero-order chi connectivity index (χ0) is 13.8. The fraction of sp³-hybridized carbons (Fsp3) is 0.400. The maximum atomic E-state index is 5.73. The van der Waals surface area contributed by atoms with Crippen LogP contribution in [0.15, 0.2) is 28.7 Å². The predicted molar refractivity (Wildman–Crippen MR) is 82.8 cm³/mol. The van der Waals surface area contributed by atoms with Gasteiger partial charge in [-0.15, -0.1) is 0 Å². The summed E-state index contributed by atoms with van der Waals surface area (Å²) in [4.78, 5) is 0. The highest BCUT2D eigenvalue weighted by atomic mass is 79.9. The Hall–Kier alpha value is -1.13. The average Bonchev–Trinajstić information content (AvgIpc) is 2.78. The van der Waals surface area contributed by atoms with Crippen molar-refractivity contribution in [1.29, 1.82) is 0 Å². The van der Waals surface area contributed by atoms with Crippen molar-refractivity contribution in [1.82, 2.24) is 9.78 Å². The Morgan fingerprint density at radius 1 is 1.16 bits per heavy atom. The standard InChI is InChI=1S/C15H20BrN3/c1-3-14-13(9-10-17)15(4-2)19(18-14)12-7-5-11(16)6-8-12/h5-8H,3-4,9-10,17H2,1-2H3. The summed E-state index contributed by atoms with van der Waals surface area (Å²) in [6.07, 6.45) is 2.83. The summed E-state index contributed by atoms with van der Waals surface area (Å²) < 4.78 is 3.15. The van der Waals surface area contributed by atoms with E-state index in [-0.39, 0.29) is 0 Å². The summed E-state index contributed by atoms with van der Waals surface area (Å²) in [5, 5.41) is 4.76. The first-order valence-electron chi connectivity index (χ1n) is 6.76. The van der Waals surface area contributed by atoms with Gasteiger partial charge in [0, 0.05) is 10.2 Å². The van der Waals surface area contributed by atoms with Gasteiger partial charge in [0.2, 0.25) is 0 Å². The maximum absolute atomic E-state index is 5.73. The maximum Gasteiger partial charge on any atom is 0.0661 e. The van der Waals surface area contributed by atoms with E-state index in [4.69, 9.17) is 10.8 Å². The molecular formula is C15H20BrN3. The third-order valence-corrected chi connectivity index (χ3v) is 3.84. The predicted octanol–water partition coefficient (Wildman–Crippen LogP) is 3.26. The number of nitrogens with two attached hydrogens (primary N) is 1. The van der Waals surface area contributed by atoms with E-state index in [1.54, 1.807) is 0 Å². The third kappa shape index (κ3) is 2.90. The molecule has 0 saturated heterocycles. The van der Waals surface area contributed by atoms with E-state index in [0.29, 0.717) is 6.54 Å². The summed E-state index contributed by atoms with van der Waals surface area (Å²) in [6.45, 7) is 4.99. The quantitative estimate of drug-likeness (QED) is 0.918. The first-order chi connectivity index (χ1) is 9.21. The van der Waals surface area contributed by atoms with Crippen LogP contribution in [0.5, 0.6) is 0 Å². The molecule has 0 bridgehead atoms. The fourth-order valence-electron chi connectivity index (χ4n) is 2.41. The summed E-state index contributed by atoms with van der Waals surface area (Å²) in [5.41, 5.74) is 10.6. The van der Waals surface area contributed by atoms with Crippen LogP contribution < -0.4 is 5.73 Å². The monoisotopic (exact) mass is 321 g/mol. The van der Waals surface area contributed by atoms with E-state index < -0.39 is 0 Å². The summed E-state index contributed by atoms with van der Waals surface area (Å²) >= 11 is 3.47. The van der Waals surface area contributed by atoms with Gasteiger partial charge in [0.25, 0.3) is 0 Å². The van der Waals surface area contributed by atoms with Gasteiger partial charge in [-0.3, -0.25) is 0 Å². The van der Waals surface area contributed by atoms with Crippen molar-refractivity contribution < 1.29 is 0 Å². The van der Waals surface area contributed by atoms with Crippen molar-refractivity contribution >= 4 is 15.9 Å². The van der Waals surface area contributed by atoms with Crippen molar-refractivity contribution in [3.63, 3.8) is 0 Å². The van der Waals surface area contributed by atoms with Crippen LogP contribution in [0.25, 0.3) is 5.69 Å². The van der Waals surface area contributed by atoms with Gasteiger partial charge in [0.15, 0.2) is 0 Å². The number of nitrogens with zero attached hydrogens (tertiary/aromatic N) is 2. The van der Waals surface area contributed by atoms with E-state index in [9.17, 15) is 0 Å². The molecule has 4 heteroatoms. The van der Waals surface area contributed by atoms with Gasteiger partial charge in [-0.1, -0.05) is 29.8 Å². The second kappa shape index (κ2) is 6.35. The number of rotatable bonds is 5. The zero-order valence-electron chi connectivity index (χ0n) is 11.5. The van der Waals surface area contributed by atoms with Crippen molar-refractivity contribution in [2.24, 2.45) is 5.73 Å². The molecule has 0 fully saturated rings. The molecule has 0 saturated carbocycles. The van der Waals surface area contributed by atoms with E-state index in [2.05, 4.69) is 46.6 Å². The molecule has 0 aliphatic rings. The molecule has 1 aromatic carbocycles. The van der Waals surface area contributed by atoms with E-state index in [0.717, 1.165) is 29.4 Å². The minimum absolute atomic E-state index is 0.673. The molecule has 1 aromatic heterocycles. The SMILES string of the molecule is CCc1nn(-c2ccc(Br)cc2)c(CC)c1CCN. The molecule has 0 radical (unpaired) electrons. The minimum Gasteiger partial charge on any atom is -0.330 e. The van der Waals surface area contributed by atoms with Crippen LogP contribution >= 0.6 is 15.9 Å². The van der Waals surface area contributed by atoms with E-state index in [1.165, 1.54) is 17.0 Å². The second-order valence-corrected chi connectivity index (χ2v) is 5.42. The third-order valence-electron chi connectivity index (χ3n) is 3.31. The van der Waals surface area contributed by atoms with Gasteiger partial charge in [-0.25, -0.2) is 4.68 Å². The molecule has 102 valence electrons. The number of benzene rings is 1. The normalized spacial score (nSPS) is 10.9. The van der Waals surface area contributed by atoms with Crippen LogP contribution in [-0.4, -0.2) is 16.3 Å². The molecule has 2 aromatic rings. The largest absolute Gasteiger partial charge is 0.330 e. The molecule has 0 spiro atoms. The lowest BCUT2D eigenvalue weighted by Crippen LogP contribution is -2.07. The van der Waals surface area contributed by atoms with Gasteiger partial charge in [-0.05, 0) is 55.6 Å². The van der Waals surface area contributed by atoms with Crippen LogP contribution in [0.2, 0.25) is 0 Å². The van der Waals surface area contributed by atoms with Crippen LogP contribution in [-0.2, 0) is 19.3 Å². The lowest BCUT2D eigenvalue weighted by Gasteiger charge is -2.07. The van der Waals surface area contributed by atoms with Crippen molar-refractivity contribution in [3.05, 3.63) is 45.7 Å². The highest BCUT2D eigenvalue weighted by Crippen LogP contribution is 2.22. The van der Waals surface area contributed by atoms with Crippen molar-refractivity contribution in [3.8, 4) is 5.69 Å². The molecule has 0 atom stereocenters. The Labute approximate surface area is 122 Å². The number of hydrogen-bond acceptors (Lipinski definition) is 2. The zero-order valence-corrected chi connectivity index (χ0v) is 13.1. The van der Waals surface area contributed by atoms with Gasteiger partial charge in [-0.2, -0.15) is 5.10 Å². The molecule has 2 rings (SSSR count). The smallest absolute Gasteiger partial charge is 0.0661 e. The van der Waals surface area contributed by atoms with Crippen LogP contribution in [0, 0.1) is 0 Å². The van der Waals surface area contributed by atoms with E-state index in [1.807, 2.05) is 12.1 Å². The molecule has 0 amide bonds. The molecule has 0 unspecified atom stereocenters. The molecule has 1 heterocycles. The van der Waals surface area contributed by atoms with Crippen LogP contribution in [0.1, 0.15) is 30.8 Å². The molecule has 2 N–H and O–H groups in total. The Morgan fingerprint density at radius 2 is 1.84 bits per heavy atom. The average molecular weight is 322 g/mol. The first kappa shape index (κ1) is 14.3. The summed E-state index contributed by atoms with van der Waals surface area (Å²) in [5.74, 6) is 0. The number of halogens is 1. The van der Waals surface area contributed by atoms with Gasteiger partial charge >= 0.3 is 0 Å².